The van der Waals surface area contributed by atoms with Gasteiger partial charge in [-0.25, -0.2) is 4.98 Å². The molecule has 1 N–H and O–H groups in total. The van der Waals surface area contributed by atoms with Crippen LogP contribution in [0.25, 0.3) is 0 Å². The van der Waals surface area contributed by atoms with Crippen LogP contribution in [0.15, 0.2) is 0 Å². The smallest absolute Gasteiger partial charge is 0.263 e. The van der Waals surface area contributed by atoms with Gasteiger partial charge in [-0.3, -0.25) is 5.10 Å². The van der Waals surface area contributed by atoms with E-state index in [-0.39, 0.29) is 18.8 Å². The van der Waals surface area contributed by atoms with Crippen molar-refractivity contribution in [1.29, 1.82) is 0 Å². The van der Waals surface area contributed by atoms with E-state index < -0.39 is 12.1 Å². The van der Waals surface area contributed by atoms with Crippen LogP contribution in [-0.4, -0.2) is 21.4 Å². The Balaban J connectivity index is 2.07. The Morgan fingerprint density at radius 2 is 2.06 bits per heavy atom. The second-order valence-electron chi connectivity index (χ2n) is 4.38. The first kappa shape index (κ1) is 11.4. The van der Waals surface area contributed by atoms with Crippen molar-refractivity contribution in [3.8, 4) is 0 Å². The van der Waals surface area contributed by atoms with E-state index in [1.54, 1.807) is 6.92 Å². The van der Waals surface area contributed by atoms with Crippen molar-refractivity contribution >= 4 is 0 Å². The first-order valence-corrected chi connectivity index (χ1v) is 5.42. The molecule has 0 aromatic carbocycles. The van der Waals surface area contributed by atoms with E-state index in [0.717, 1.165) is 6.42 Å². The van der Waals surface area contributed by atoms with E-state index in [4.69, 9.17) is 0 Å². The number of hydrogen-bond acceptors (Lipinski definition) is 2. The molecule has 1 aliphatic carbocycles. The minimum Gasteiger partial charge on any atom is -0.263 e. The molecule has 16 heavy (non-hydrogen) atoms. The summed E-state index contributed by atoms with van der Waals surface area (Å²) in [6.07, 6.45) is -2.36. The second-order valence-corrected chi connectivity index (χ2v) is 4.38. The van der Waals surface area contributed by atoms with Crippen molar-refractivity contribution in [3.05, 3.63) is 11.6 Å². The van der Waals surface area contributed by atoms with Gasteiger partial charge < -0.3 is 0 Å². The van der Waals surface area contributed by atoms with Gasteiger partial charge in [-0.15, -0.1) is 0 Å². The van der Waals surface area contributed by atoms with Gasteiger partial charge in [0, 0.05) is 5.92 Å². The van der Waals surface area contributed by atoms with Crippen LogP contribution >= 0.6 is 0 Å². The summed E-state index contributed by atoms with van der Waals surface area (Å²) in [5.41, 5.74) is 0. The van der Waals surface area contributed by atoms with Gasteiger partial charge in [0.25, 0.3) is 0 Å². The van der Waals surface area contributed by atoms with E-state index in [1.165, 1.54) is 0 Å². The van der Waals surface area contributed by atoms with Gasteiger partial charge in [-0.05, 0) is 26.2 Å². The SMILES string of the molecule is Cc1nc(C2CCCC(C(F)(F)F)C2)n[nH]1. The molecule has 1 fully saturated rings. The van der Waals surface area contributed by atoms with Gasteiger partial charge in [-0.1, -0.05) is 6.42 Å². The van der Waals surface area contributed by atoms with Crippen molar-refractivity contribution in [3.63, 3.8) is 0 Å². The molecule has 1 aromatic rings. The third kappa shape index (κ3) is 2.36. The number of aromatic amines is 1. The molecule has 2 unspecified atom stereocenters. The van der Waals surface area contributed by atoms with Gasteiger partial charge in [-0.2, -0.15) is 18.3 Å². The molecule has 6 heteroatoms. The van der Waals surface area contributed by atoms with Gasteiger partial charge in [0.2, 0.25) is 0 Å². The third-order valence-corrected chi connectivity index (χ3v) is 3.12. The van der Waals surface area contributed by atoms with E-state index in [2.05, 4.69) is 15.2 Å². The number of aromatic nitrogens is 3. The first-order valence-electron chi connectivity index (χ1n) is 5.42. The molecular formula is C10H14F3N3. The number of alkyl halides is 3. The van der Waals surface area contributed by atoms with E-state index in [9.17, 15) is 13.2 Å². The lowest BCUT2D eigenvalue weighted by Crippen LogP contribution is -2.28. The number of hydrogen-bond donors (Lipinski definition) is 1. The monoisotopic (exact) mass is 233 g/mol. The lowest BCUT2D eigenvalue weighted by molar-refractivity contribution is -0.183. The quantitative estimate of drug-likeness (QED) is 0.810. The normalized spacial score (nSPS) is 27.0. The molecule has 90 valence electrons. The number of nitrogens with one attached hydrogen (secondary N) is 1. The highest BCUT2D eigenvalue weighted by atomic mass is 19.4. The fourth-order valence-electron chi connectivity index (χ4n) is 2.26. The van der Waals surface area contributed by atoms with Crippen LogP contribution < -0.4 is 0 Å². The molecular weight excluding hydrogens is 219 g/mol. The van der Waals surface area contributed by atoms with Crippen LogP contribution in [0.2, 0.25) is 0 Å². The van der Waals surface area contributed by atoms with Crippen molar-refractivity contribution in [2.75, 3.05) is 0 Å². The van der Waals surface area contributed by atoms with E-state index in [0.29, 0.717) is 18.1 Å². The molecule has 0 bridgehead atoms. The summed E-state index contributed by atoms with van der Waals surface area (Å²) in [7, 11) is 0. The molecule has 3 nitrogen and oxygen atoms in total. The Morgan fingerprint density at radius 3 is 2.62 bits per heavy atom. The van der Waals surface area contributed by atoms with Crippen LogP contribution in [0.4, 0.5) is 13.2 Å². The Morgan fingerprint density at radius 1 is 1.31 bits per heavy atom. The molecule has 1 heterocycles. The summed E-state index contributed by atoms with van der Waals surface area (Å²) in [4.78, 5) is 4.12. The summed E-state index contributed by atoms with van der Waals surface area (Å²) in [6.45, 7) is 1.75. The predicted molar refractivity (Wildman–Crippen MR) is 51.9 cm³/mol. The highest BCUT2D eigenvalue weighted by Gasteiger charge is 2.43. The predicted octanol–water partition coefficient (Wildman–Crippen LogP) is 2.95. The molecule has 1 saturated carbocycles. The summed E-state index contributed by atoms with van der Waals surface area (Å²) in [5.74, 6) is -0.147. The Kier molecular flexibility index (Phi) is 2.90. The Hall–Kier alpha value is -1.07. The highest BCUT2D eigenvalue weighted by molar-refractivity contribution is 4.99. The maximum absolute atomic E-state index is 12.6. The van der Waals surface area contributed by atoms with Crippen LogP contribution in [0.5, 0.6) is 0 Å². The minimum absolute atomic E-state index is 0.126. The van der Waals surface area contributed by atoms with Crippen LogP contribution in [0.1, 0.15) is 43.3 Å². The van der Waals surface area contributed by atoms with Crippen LogP contribution in [0.3, 0.4) is 0 Å². The molecule has 2 rings (SSSR count). The zero-order valence-corrected chi connectivity index (χ0v) is 9.01. The first-order chi connectivity index (χ1) is 7.47. The fraction of sp³-hybridized carbons (Fsp3) is 0.800. The summed E-state index contributed by atoms with van der Waals surface area (Å²) in [6, 6.07) is 0. The van der Waals surface area contributed by atoms with Crippen molar-refractivity contribution < 1.29 is 13.2 Å². The molecule has 0 amide bonds. The summed E-state index contributed by atoms with van der Waals surface area (Å²) >= 11 is 0. The lowest BCUT2D eigenvalue weighted by atomic mass is 9.80. The zero-order valence-electron chi connectivity index (χ0n) is 9.01. The number of H-pyrrole nitrogens is 1. The molecule has 0 aliphatic heterocycles. The number of halogens is 3. The lowest BCUT2D eigenvalue weighted by Gasteiger charge is -2.28. The Labute approximate surface area is 91.5 Å². The molecule has 1 aromatic heterocycles. The van der Waals surface area contributed by atoms with E-state index in [1.807, 2.05) is 0 Å². The number of nitrogens with zero attached hydrogens (tertiary/aromatic N) is 2. The zero-order chi connectivity index (χ0) is 11.8. The largest absolute Gasteiger partial charge is 0.391 e. The van der Waals surface area contributed by atoms with Crippen molar-refractivity contribution in [2.24, 2.45) is 5.92 Å². The van der Waals surface area contributed by atoms with Crippen molar-refractivity contribution in [1.82, 2.24) is 15.2 Å². The van der Waals surface area contributed by atoms with Crippen LogP contribution in [0, 0.1) is 12.8 Å². The maximum atomic E-state index is 12.6. The molecule has 1 aliphatic rings. The van der Waals surface area contributed by atoms with Crippen molar-refractivity contribution in [2.45, 2.75) is 44.7 Å². The number of aryl methyl sites for hydroxylation is 1. The topological polar surface area (TPSA) is 41.6 Å². The standard InChI is InChI=1S/C10H14F3N3/c1-6-14-9(16-15-6)7-3-2-4-8(5-7)10(11,12)13/h7-8H,2-5H2,1H3,(H,14,15,16). The molecule has 0 saturated heterocycles. The molecule has 2 atom stereocenters. The summed E-state index contributed by atoms with van der Waals surface area (Å²) in [5, 5.41) is 6.63. The van der Waals surface area contributed by atoms with E-state index >= 15 is 0 Å². The van der Waals surface area contributed by atoms with Gasteiger partial charge in [0.05, 0.1) is 5.92 Å². The fourth-order valence-corrected chi connectivity index (χ4v) is 2.26. The average Bonchev–Trinajstić information content (AvgIpc) is 2.64. The Bertz CT molecular complexity index is 358. The van der Waals surface area contributed by atoms with Gasteiger partial charge in [0.15, 0.2) is 5.82 Å². The number of rotatable bonds is 1. The highest BCUT2D eigenvalue weighted by Crippen LogP contribution is 2.42. The van der Waals surface area contributed by atoms with Gasteiger partial charge in [0.1, 0.15) is 5.82 Å². The average molecular weight is 233 g/mol. The molecule has 0 spiro atoms. The van der Waals surface area contributed by atoms with Gasteiger partial charge >= 0.3 is 6.18 Å². The summed E-state index contributed by atoms with van der Waals surface area (Å²) < 4.78 is 37.8. The second kappa shape index (κ2) is 4.07. The third-order valence-electron chi connectivity index (χ3n) is 3.12. The minimum atomic E-state index is -4.08. The maximum Gasteiger partial charge on any atom is 0.391 e. The van der Waals surface area contributed by atoms with Crippen LogP contribution in [-0.2, 0) is 0 Å². The molecule has 0 radical (unpaired) electrons.